The highest BCUT2D eigenvalue weighted by molar-refractivity contribution is 5.36. The van der Waals surface area contributed by atoms with Crippen molar-refractivity contribution in [3.63, 3.8) is 0 Å². The van der Waals surface area contributed by atoms with Crippen LogP contribution in [-0.2, 0) is 6.54 Å². The van der Waals surface area contributed by atoms with Gasteiger partial charge in [0.2, 0.25) is 0 Å². The SMILES string of the molecule is CCn1ccc(-n2nnc(N)c2C)n1. The molecule has 0 bridgehead atoms. The molecule has 14 heavy (non-hydrogen) atoms. The first-order valence-electron chi connectivity index (χ1n) is 4.44. The molecule has 0 unspecified atom stereocenters. The molecule has 0 fully saturated rings. The van der Waals surface area contributed by atoms with Gasteiger partial charge in [0, 0.05) is 18.8 Å². The maximum absolute atomic E-state index is 5.59. The van der Waals surface area contributed by atoms with Gasteiger partial charge in [0.05, 0.1) is 5.69 Å². The van der Waals surface area contributed by atoms with E-state index in [1.54, 1.807) is 4.68 Å². The maximum atomic E-state index is 5.59. The van der Waals surface area contributed by atoms with Gasteiger partial charge in [-0.2, -0.15) is 9.78 Å². The van der Waals surface area contributed by atoms with Crippen molar-refractivity contribution in [1.82, 2.24) is 24.8 Å². The van der Waals surface area contributed by atoms with Crippen LogP contribution >= 0.6 is 0 Å². The normalized spacial score (nSPS) is 10.7. The fourth-order valence-electron chi connectivity index (χ4n) is 1.20. The quantitative estimate of drug-likeness (QED) is 0.746. The minimum atomic E-state index is 0.441. The zero-order valence-electron chi connectivity index (χ0n) is 8.18. The Hall–Kier alpha value is -1.85. The minimum absolute atomic E-state index is 0.441. The Morgan fingerprint density at radius 3 is 2.79 bits per heavy atom. The summed E-state index contributed by atoms with van der Waals surface area (Å²) in [5.74, 6) is 1.18. The van der Waals surface area contributed by atoms with Crippen LogP contribution in [0.15, 0.2) is 12.3 Å². The molecule has 0 aliphatic heterocycles. The number of aromatic nitrogens is 5. The van der Waals surface area contributed by atoms with E-state index in [9.17, 15) is 0 Å². The lowest BCUT2D eigenvalue weighted by Crippen LogP contribution is -2.02. The highest BCUT2D eigenvalue weighted by atomic mass is 15.5. The molecule has 2 aromatic heterocycles. The van der Waals surface area contributed by atoms with Gasteiger partial charge in [-0.3, -0.25) is 4.68 Å². The standard InChI is InChI=1S/C8H12N6/c1-3-13-5-4-7(11-13)14-6(2)8(9)10-12-14/h4-5H,3,9H2,1-2H3. The summed E-state index contributed by atoms with van der Waals surface area (Å²) in [6, 6.07) is 1.88. The number of nitrogen functional groups attached to an aromatic ring is 1. The molecule has 0 atom stereocenters. The summed E-state index contributed by atoms with van der Waals surface area (Å²) in [6.45, 7) is 4.73. The van der Waals surface area contributed by atoms with Gasteiger partial charge in [0.25, 0.3) is 0 Å². The van der Waals surface area contributed by atoms with Crippen LogP contribution in [0.4, 0.5) is 5.82 Å². The van der Waals surface area contributed by atoms with Gasteiger partial charge in [-0.05, 0) is 13.8 Å². The van der Waals surface area contributed by atoms with E-state index in [0.717, 1.165) is 18.1 Å². The molecule has 2 heterocycles. The van der Waals surface area contributed by atoms with Gasteiger partial charge in [-0.1, -0.05) is 5.21 Å². The third kappa shape index (κ3) is 1.24. The first-order chi connectivity index (χ1) is 6.72. The van der Waals surface area contributed by atoms with Gasteiger partial charge in [0.1, 0.15) is 0 Å². The Bertz CT molecular complexity index is 440. The van der Waals surface area contributed by atoms with Crippen molar-refractivity contribution in [2.75, 3.05) is 5.73 Å². The number of anilines is 1. The highest BCUT2D eigenvalue weighted by Crippen LogP contribution is 2.10. The molecule has 2 N–H and O–H groups in total. The van der Waals surface area contributed by atoms with Crippen molar-refractivity contribution in [3.05, 3.63) is 18.0 Å². The summed E-state index contributed by atoms with van der Waals surface area (Å²) in [5.41, 5.74) is 6.40. The molecule has 6 nitrogen and oxygen atoms in total. The van der Waals surface area contributed by atoms with Gasteiger partial charge in [0.15, 0.2) is 11.6 Å². The summed E-state index contributed by atoms with van der Waals surface area (Å²) in [6.07, 6.45) is 1.90. The van der Waals surface area contributed by atoms with Crippen molar-refractivity contribution < 1.29 is 0 Å². The van der Waals surface area contributed by atoms with E-state index in [1.807, 2.05) is 30.8 Å². The largest absolute Gasteiger partial charge is 0.381 e. The van der Waals surface area contributed by atoms with Crippen molar-refractivity contribution in [2.45, 2.75) is 20.4 Å². The summed E-state index contributed by atoms with van der Waals surface area (Å²) < 4.78 is 3.45. The molecular formula is C8H12N6. The summed E-state index contributed by atoms with van der Waals surface area (Å²) >= 11 is 0. The van der Waals surface area contributed by atoms with Gasteiger partial charge >= 0.3 is 0 Å². The predicted molar refractivity (Wildman–Crippen MR) is 52.0 cm³/mol. The van der Waals surface area contributed by atoms with Crippen molar-refractivity contribution in [1.29, 1.82) is 0 Å². The molecule has 0 aliphatic carbocycles. The third-order valence-corrected chi connectivity index (χ3v) is 2.10. The second-order valence-electron chi connectivity index (χ2n) is 3.00. The summed E-state index contributed by atoms with van der Waals surface area (Å²) in [7, 11) is 0. The van der Waals surface area contributed by atoms with Gasteiger partial charge in [-0.25, -0.2) is 0 Å². The molecular weight excluding hydrogens is 180 g/mol. The van der Waals surface area contributed by atoms with Crippen molar-refractivity contribution >= 4 is 5.82 Å². The third-order valence-electron chi connectivity index (χ3n) is 2.10. The molecule has 6 heteroatoms. The lowest BCUT2D eigenvalue weighted by Gasteiger charge is -1.97. The average molecular weight is 192 g/mol. The van der Waals surface area contributed by atoms with Gasteiger partial charge < -0.3 is 5.73 Å². The van der Waals surface area contributed by atoms with E-state index in [2.05, 4.69) is 15.4 Å². The fourth-order valence-corrected chi connectivity index (χ4v) is 1.20. The number of nitrogens with two attached hydrogens (primary N) is 1. The van der Waals surface area contributed by atoms with Crippen LogP contribution in [-0.4, -0.2) is 24.8 Å². The van der Waals surface area contributed by atoms with Crippen molar-refractivity contribution in [2.24, 2.45) is 0 Å². The van der Waals surface area contributed by atoms with Crippen LogP contribution in [0.1, 0.15) is 12.6 Å². The van der Waals surface area contributed by atoms with E-state index >= 15 is 0 Å². The minimum Gasteiger partial charge on any atom is -0.381 e. The van der Waals surface area contributed by atoms with Gasteiger partial charge in [-0.15, -0.1) is 5.10 Å². The van der Waals surface area contributed by atoms with Crippen LogP contribution in [0.25, 0.3) is 5.82 Å². The zero-order valence-corrected chi connectivity index (χ0v) is 8.18. The Balaban J connectivity index is 2.44. The van der Waals surface area contributed by atoms with Crippen LogP contribution in [0.5, 0.6) is 0 Å². The van der Waals surface area contributed by atoms with E-state index in [-0.39, 0.29) is 0 Å². The molecule has 0 radical (unpaired) electrons. The molecule has 2 rings (SSSR count). The molecule has 0 aromatic carbocycles. The van der Waals surface area contributed by atoms with Crippen LogP contribution < -0.4 is 5.73 Å². The molecule has 0 aliphatic rings. The number of aryl methyl sites for hydroxylation is 1. The van der Waals surface area contributed by atoms with Crippen molar-refractivity contribution in [3.8, 4) is 5.82 Å². The number of hydrogen-bond acceptors (Lipinski definition) is 4. The fraction of sp³-hybridized carbons (Fsp3) is 0.375. The van der Waals surface area contributed by atoms with E-state index in [1.165, 1.54) is 0 Å². The zero-order chi connectivity index (χ0) is 10.1. The molecule has 0 saturated carbocycles. The van der Waals surface area contributed by atoms with Crippen LogP contribution in [0, 0.1) is 6.92 Å². The molecule has 74 valence electrons. The Morgan fingerprint density at radius 2 is 2.29 bits per heavy atom. The second-order valence-corrected chi connectivity index (χ2v) is 3.00. The molecule has 0 spiro atoms. The first kappa shape index (κ1) is 8.74. The Labute approximate surface area is 81.3 Å². The van der Waals surface area contributed by atoms with E-state index in [4.69, 9.17) is 5.73 Å². The molecule has 2 aromatic rings. The second kappa shape index (κ2) is 3.13. The van der Waals surface area contributed by atoms with Crippen LogP contribution in [0.3, 0.4) is 0 Å². The lowest BCUT2D eigenvalue weighted by atomic mass is 10.5. The predicted octanol–water partition coefficient (Wildman–Crippen LogP) is 0.374. The average Bonchev–Trinajstić information content (AvgIpc) is 2.75. The molecule has 0 amide bonds. The van der Waals surface area contributed by atoms with E-state index in [0.29, 0.717) is 5.82 Å². The lowest BCUT2D eigenvalue weighted by molar-refractivity contribution is 0.639. The highest BCUT2D eigenvalue weighted by Gasteiger charge is 2.08. The first-order valence-corrected chi connectivity index (χ1v) is 4.44. The monoisotopic (exact) mass is 192 g/mol. The number of nitrogens with zero attached hydrogens (tertiary/aromatic N) is 5. The van der Waals surface area contributed by atoms with E-state index < -0.39 is 0 Å². The summed E-state index contributed by atoms with van der Waals surface area (Å²) in [5, 5.41) is 12.0. The summed E-state index contributed by atoms with van der Waals surface area (Å²) in [4.78, 5) is 0. The molecule has 0 saturated heterocycles. The Morgan fingerprint density at radius 1 is 1.50 bits per heavy atom. The number of rotatable bonds is 2. The topological polar surface area (TPSA) is 74.5 Å². The maximum Gasteiger partial charge on any atom is 0.177 e. The smallest absolute Gasteiger partial charge is 0.177 e. The van der Waals surface area contributed by atoms with Crippen LogP contribution in [0.2, 0.25) is 0 Å². The Kier molecular flexibility index (Phi) is 1.95. The number of hydrogen-bond donors (Lipinski definition) is 1.